The van der Waals surface area contributed by atoms with Crippen LogP contribution in [0.2, 0.25) is 4.34 Å². The number of anilines is 1. The molecule has 4 N–H and O–H groups in total. The average molecular weight is 310 g/mol. The van der Waals surface area contributed by atoms with Crippen molar-refractivity contribution < 1.29 is 4.79 Å². The Balaban J connectivity index is 2.09. The van der Waals surface area contributed by atoms with E-state index in [0.29, 0.717) is 18.8 Å². The molecule has 1 heterocycles. The minimum Gasteiger partial charge on any atom is -0.399 e. The van der Waals surface area contributed by atoms with Gasteiger partial charge in [0.05, 0.1) is 10.9 Å². The number of carbonyl (C=O) groups excluding carboxylic acids is 1. The Morgan fingerprint density at radius 3 is 2.65 bits per heavy atom. The van der Waals surface area contributed by atoms with Crippen LogP contribution in [0.25, 0.3) is 0 Å². The van der Waals surface area contributed by atoms with Crippen LogP contribution in [-0.4, -0.2) is 17.4 Å². The molecule has 6 heteroatoms. The van der Waals surface area contributed by atoms with Crippen molar-refractivity contribution >= 4 is 34.5 Å². The van der Waals surface area contributed by atoms with E-state index >= 15 is 0 Å². The first kappa shape index (κ1) is 14.8. The zero-order valence-electron chi connectivity index (χ0n) is 10.9. The molecule has 0 spiro atoms. The Morgan fingerprint density at radius 2 is 2.05 bits per heavy atom. The van der Waals surface area contributed by atoms with Gasteiger partial charge in [-0.3, -0.25) is 9.69 Å². The van der Waals surface area contributed by atoms with Gasteiger partial charge in [-0.1, -0.05) is 23.7 Å². The predicted molar refractivity (Wildman–Crippen MR) is 83.5 cm³/mol. The Labute approximate surface area is 126 Å². The van der Waals surface area contributed by atoms with E-state index in [-0.39, 0.29) is 12.5 Å². The first-order valence-electron chi connectivity index (χ1n) is 6.12. The number of benzene rings is 1. The molecule has 0 radical (unpaired) electrons. The molecule has 1 amide bonds. The molecule has 1 aromatic heterocycles. The van der Waals surface area contributed by atoms with Crippen molar-refractivity contribution in [2.75, 3.05) is 12.3 Å². The lowest BCUT2D eigenvalue weighted by molar-refractivity contribution is -0.119. The number of nitrogens with zero attached hydrogens (tertiary/aromatic N) is 1. The summed E-state index contributed by atoms with van der Waals surface area (Å²) in [6, 6.07) is 11.4. The minimum atomic E-state index is -0.350. The van der Waals surface area contributed by atoms with Gasteiger partial charge >= 0.3 is 0 Å². The van der Waals surface area contributed by atoms with Crippen molar-refractivity contribution in [3.05, 3.63) is 51.2 Å². The number of thiophene rings is 1. The number of primary amides is 1. The fourth-order valence-corrected chi connectivity index (χ4v) is 3.12. The second kappa shape index (κ2) is 6.74. The van der Waals surface area contributed by atoms with Crippen molar-refractivity contribution in [2.45, 2.75) is 13.1 Å². The van der Waals surface area contributed by atoms with Gasteiger partial charge in [0.15, 0.2) is 0 Å². The van der Waals surface area contributed by atoms with Gasteiger partial charge in [-0.2, -0.15) is 0 Å². The largest absolute Gasteiger partial charge is 0.399 e. The zero-order chi connectivity index (χ0) is 14.5. The van der Waals surface area contributed by atoms with Crippen LogP contribution < -0.4 is 11.5 Å². The van der Waals surface area contributed by atoms with Crippen LogP contribution in [0.5, 0.6) is 0 Å². The number of hydrogen-bond donors (Lipinski definition) is 2. The fraction of sp³-hybridized carbons (Fsp3) is 0.214. The summed E-state index contributed by atoms with van der Waals surface area (Å²) in [5, 5.41) is 0. The van der Waals surface area contributed by atoms with Gasteiger partial charge in [0.1, 0.15) is 0 Å². The van der Waals surface area contributed by atoms with Crippen LogP contribution >= 0.6 is 22.9 Å². The lowest BCUT2D eigenvalue weighted by Gasteiger charge is -2.20. The van der Waals surface area contributed by atoms with Gasteiger partial charge in [0, 0.05) is 23.7 Å². The highest BCUT2D eigenvalue weighted by molar-refractivity contribution is 7.16. The van der Waals surface area contributed by atoms with Crippen LogP contribution in [0, 0.1) is 0 Å². The summed E-state index contributed by atoms with van der Waals surface area (Å²) in [6.45, 7) is 1.45. The molecule has 106 valence electrons. The number of nitrogens with two attached hydrogens (primary N) is 2. The average Bonchev–Trinajstić information content (AvgIpc) is 2.73. The van der Waals surface area contributed by atoms with E-state index < -0.39 is 0 Å². The Kier molecular flexibility index (Phi) is 5.00. The molecule has 4 nitrogen and oxygen atoms in total. The number of amides is 1. The maximum absolute atomic E-state index is 11.2. The molecule has 0 fully saturated rings. The van der Waals surface area contributed by atoms with Crippen molar-refractivity contribution in [3.63, 3.8) is 0 Å². The molecule has 2 rings (SSSR count). The third kappa shape index (κ3) is 4.52. The minimum absolute atomic E-state index is 0.199. The maximum atomic E-state index is 11.2. The first-order chi connectivity index (χ1) is 9.52. The summed E-state index contributed by atoms with van der Waals surface area (Å²) < 4.78 is 0.739. The predicted octanol–water partition coefficient (Wildman–Crippen LogP) is 2.47. The second-order valence-corrected chi connectivity index (χ2v) is 6.36. The second-order valence-electron chi connectivity index (χ2n) is 4.56. The topological polar surface area (TPSA) is 72.4 Å². The van der Waals surface area contributed by atoms with Crippen LogP contribution in [0.4, 0.5) is 5.69 Å². The summed E-state index contributed by atoms with van der Waals surface area (Å²) in [7, 11) is 0. The van der Waals surface area contributed by atoms with E-state index in [2.05, 4.69) is 0 Å². The van der Waals surface area contributed by atoms with Gasteiger partial charge in [0.25, 0.3) is 0 Å². The number of nitrogen functional groups attached to an aromatic ring is 1. The molecule has 0 atom stereocenters. The monoisotopic (exact) mass is 309 g/mol. The maximum Gasteiger partial charge on any atom is 0.231 e. The number of halogens is 1. The van der Waals surface area contributed by atoms with E-state index in [0.717, 1.165) is 14.8 Å². The molecule has 0 aliphatic carbocycles. The summed E-state index contributed by atoms with van der Waals surface area (Å²) in [5.74, 6) is -0.350. The lowest BCUT2D eigenvalue weighted by Crippen LogP contribution is -2.32. The summed E-state index contributed by atoms with van der Waals surface area (Å²) in [4.78, 5) is 14.3. The number of hydrogen-bond acceptors (Lipinski definition) is 4. The summed E-state index contributed by atoms with van der Waals surface area (Å²) >= 11 is 7.43. The molecule has 0 bridgehead atoms. The number of carbonyl (C=O) groups is 1. The Morgan fingerprint density at radius 1 is 1.25 bits per heavy atom. The Hall–Kier alpha value is -1.56. The van der Waals surface area contributed by atoms with E-state index in [1.54, 1.807) is 0 Å². The molecule has 0 saturated carbocycles. The molecule has 20 heavy (non-hydrogen) atoms. The van der Waals surface area contributed by atoms with E-state index in [9.17, 15) is 4.79 Å². The van der Waals surface area contributed by atoms with Crippen molar-refractivity contribution in [1.29, 1.82) is 0 Å². The summed E-state index contributed by atoms with van der Waals surface area (Å²) in [6.07, 6.45) is 0. The van der Waals surface area contributed by atoms with E-state index in [1.165, 1.54) is 11.3 Å². The van der Waals surface area contributed by atoms with Gasteiger partial charge in [-0.15, -0.1) is 11.3 Å². The lowest BCUT2D eigenvalue weighted by atomic mass is 10.2. The molecule has 2 aromatic rings. The van der Waals surface area contributed by atoms with Gasteiger partial charge < -0.3 is 11.5 Å². The van der Waals surface area contributed by atoms with Crippen molar-refractivity contribution in [2.24, 2.45) is 5.73 Å². The highest BCUT2D eigenvalue weighted by atomic mass is 35.5. The fourth-order valence-electron chi connectivity index (χ4n) is 1.99. The standard InChI is InChI=1S/C14H16ClN3OS/c15-13-5-4-12(20-13)8-18(9-14(17)19)7-10-2-1-3-11(16)6-10/h1-6H,7-9,16H2,(H2,17,19). The van der Waals surface area contributed by atoms with Crippen molar-refractivity contribution in [3.8, 4) is 0 Å². The zero-order valence-corrected chi connectivity index (χ0v) is 12.5. The number of rotatable bonds is 6. The SMILES string of the molecule is NC(=O)CN(Cc1cccc(N)c1)Cc1ccc(Cl)s1. The highest BCUT2D eigenvalue weighted by Gasteiger charge is 2.11. The van der Waals surface area contributed by atoms with Crippen LogP contribution in [0.1, 0.15) is 10.4 Å². The van der Waals surface area contributed by atoms with Gasteiger partial charge in [-0.25, -0.2) is 0 Å². The smallest absolute Gasteiger partial charge is 0.231 e. The normalized spacial score (nSPS) is 10.9. The molecule has 0 saturated heterocycles. The first-order valence-corrected chi connectivity index (χ1v) is 7.31. The van der Waals surface area contributed by atoms with E-state index in [4.69, 9.17) is 23.1 Å². The molecule has 0 unspecified atom stereocenters. The Bertz CT molecular complexity index is 600. The molecule has 0 aliphatic rings. The third-order valence-electron chi connectivity index (χ3n) is 2.74. The molecule has 0 aliphatic heterocycles. The summed E-state index contributed by atoms with van der Waals surface area (Å²) in [5.41, 5.74) is 12.8. The van der Waals surface area contributed by atoms with E-state index in [1.807, 2.05) is 41.3 Å². The third-order valence-corrected chi connectivity index (χ3v) is 3.96. The van der Waals surface area contributed by atoms with Crippen LogP contribution in [0.15, 0.2) is 36.4 Å². The quantitative estimate of drug-likeness (QED) is 0.805. The molecule has 1 aromatic carbocycles. The van der Waals surface area contributed by atoms with Crippen molar-refractivity contribution in [1.82, 2.24) is 4.90 Å². The van der Waals surface area contributed by atoms with Gasteiger partial charge in [-0.05, 0) is 29.8 Å². The molecular weight excluding hydrogens is 294 g/mol. The van der Waals surface area contributed by atoms with Crippen LogP contribution in [0.3, 0.4) is 0 Å². The van der Waals surface area contributed by atoms with Gasteiger partial charge in [0.2, 0.25) is 5.91 Å². The highest BCUT2D eigenvalue weighted by Crippen LogP contribution is 2.23. The van der Waals surface area contributed by atoms with Crippen LogP contribution in [-0.2, 0) is 17.9 Å². The molecular formula is C14H16ClN3OS.